The molecule has 4 aromatic rings. The summed E-state index contributed by atoms with van der Waals surface area (Å²) < 4.78 is 5.25. The number of rotatable bonds is 6. The lowest BCUT2D eigenvalue weighted by Crippen LogP contribution is -2.35. The molecule has 1 fully saturated rings. The molecule has 33 heavy (non-hydrogen) atoms. The molecule has 4 heterocycles. The molecule has 1 amide bonds. The van der Waals surface area contributed by atoms with E-state index in [1.165, 1.54) is 11.5 Å². The molecule has 170 valence electrons. The fourth-order valence-electron chi connectivity index (χ4n) is 3.78. The van der Waals surface area contributed by atoms with Crippen LogP contribution in [-0.2, 0) is 0 Å². The maximum absolute atomic E-state index is 12.5. The van der Waals surface area contributed by atoms with E-state index in [1.807, 2.05) is 18.4 Å². The monoisotopic (exact) mass is 481 g/mol. The van der Waals surface area contributed by atoms with E-state index in [0.717, 1.165) is 41.7 Å². The van der Waals surface area contributed by atoms with Crippen LogP contribution in [-0.4, -0.2) is 42.0 Å². The van der Waals surface area contributed by atoms with Gasteiger partial charge < -0.3 is 21.1 Å². The maximum Gasteiger partial charge on any atom is 0.275 e. The molecule has 0 aliphatic heterocycles. The molecule has 0 saturated heterocycles. The zero-order valence-electron chi connectivity index (χ0n) is 17.9. The number of pyridine rings is 1. The van der Waals surface area contributed by atoms with Crippen molar-refractivity contribution >= 4 is 61.4 Å². The predicted octanol–water partition coefficient (Wildman–Crippen LogP) is 4.64. The fourth-order valence-corrected chi connectivity index (χ4v) is 5.19. The number of thiophene rings is 1. The van der Waals surface area contributed by atoms with Gasteiger partial charge in [0.05, 0.1) is 15.8 Å². The highest BCUT2D eigenvalue weighted by Crippen LogP contribution is 2.33. The number of nitrogens with zero attached hydrogens (tertiary/aromatic N) is 4. The molecule has 9 nitrogen and oxygen atoms in total. The number of amides is 1. The highest BCUT2D eigenvalue weighted by atomic mass is 32.1. The summed E-state index contributed by atoms with van der Waals surface area (Å²) in [6, 6.07) is 7.33. The van der Waals surface area contributed by atoms with E-state index in [4.69, 9.17) is 4.98 Å². The molecule has 11 heteroatoms. The van der Waals surface area contributed by atoms with Gasteiger partial charge in [-0.1, -0.05) is 0 Å². The second-order valence-electron chi connectivity index (χ2n) is 8.34. The van der Waals surface area contributed by atoms with E-state index < -0.39 is 5.60 Å². The molecule has 4 aromatic heterocycles. The minimum absolute atomic E-state index is 0.255. The van der Waals surface area contributed by atoms with E-state index >= 15 is 0 Å². The van der Waals surface area contributed by atoms with Gasteiger partial charge in [-0.3, -0.25) is 9.78 Å². The van der Waals surface area contributed by atoms with Gasteiger partial charge in [-0.05, 0) is 67.7 Å². The molecule has 1 saturated carbocycles. The summed E-state index contributed by atoms with van der Waals surface area (Å²) in [5.74, 6) is 0.926. The van der Waals surface area contributed by atoms with Crippen LogP contribution in [0.3, 0.4) is 0 Å². The van der Waals surface area contributed by atoms with Gasteiger partial charge in [-0.2, -0.15) is 9.36 Å². The quantitative estimate of drug-likeness (QED) is 0.314. The summed E-state index contributed by atoms with van der Waals surface area (Å²) in [6.45, 7) is 1.90. The van der Waals surface area contributed by atoms with Gasteiger partial charge in [-0.15, -0.1) is 11.3 Å². The molecule has 0 atom stereocenters. The Morgan fingerprint density at radius 1 is 1.18 bits per heavy atom. The van der Waals surface area contributed by atoms with Crippen molar-refractivity contribution in [3.05, 3.63) is 47.7 Å². The van der Waals surface area contributed by atoms with Crippen LogP contribution in [0.25, 0.3) is 10.2 Å². The minimum Gasteiger partial charge on any atom is -0.390 e. The molecular weight excluding hydrogens is 458 g/mol. The Labute approximate surface area is 198 Å². The van der Waals surface area contributed by atoms with Crippen LogP contribution in [0.1, 0.15) is 43.1 Å². The number of anilines is 4. The van der Waals surface area contributed by atoms with E-state index in [1.54, 1.807) is 41.9 Å². The van der Waals surface area contributed by atoms with Crippen molar-refractivity contribution in [3.8, 4) is 0 Å². The summed E-state index contributed by atoms with van der Waals surface area (Å²) in [5.41, 5.74) is 1.23. The fraction of sp³-hybridized carbons (Fsp3) is 0.318. The number of nitrogens with one attached hydrogen (secondary N) is 3. The zero-order valence-corrected chi connectivity index (χ0v) is 19.5. The summed E-state index contributed by atoms with van der Waals surface area (Å²) in [6.07, 6.45) is 6.53. The van der Waals surface area contributed by atoms with Gasteiger partial charge >= 0.3 is 0 Å². The first-order valence-electron chi connectivity index (χ1n) is 10.6. The minimum atomic E-state index is -0.581. The molecule has 0 spiro atoms. The van der Waals surface area contributed by atoms with Gasteiger partial charge in [0, 0.05) is 30.2 Å². The summed E-state index contributed by atoms with van der Waals surface area (Å²) in [5, 5.41) is 22.4. The van der Waals surface area contributed by atoms with Crippen LogP contribution in [0.5, 0.6) is 0 Å². The molecular formula is C22H23N7O2S2. The molecule has 4 N–H and O–H groups in total. The number of aliphatic hydroxyl groups is 1. The standard InChI is InChI=1S/C22H23N7O2S2/c1-22(31)7-2-13(3-8-22)24-19-18-15(6-11-32-18)26-21(28-19)27-17-12-16(29-33-17)20(30)25-14-4-9-23-10-5-14/h4-6,9-13,31H,2-3,7-8H2,1H3,(H,23,25,30)(H2,24,26,27,28)/t13-,22-. The third kappa shape index (κ3) is 5.10. The smallest absolute Gasteiger partial charge is 0.275 e. The zero-order chi connectivity index (χ0) is 22.8. The van der Waals surface area contributed by atoms with Gasteiger partial charge in [0.1, 0.15) is 16.5 Å². The number of carbonyl (C=O) groups is 1. The highest BCUT2D eigenvalue weighted by Gasteiger charge is 2.29. The van der Waals surface area contributed by atoms with Crippen LogP contribution in [0.2, 0.25) is 0 Å². The van der Waals surface area contributed by atoms with Crippen LogP contribution >= 0.6 is 22.9 Å². The second kappa shape index (κ2) is 9.00. The van der Waals surface area contributed by atoms with E-state index in [-0.39, 0.29) is 11.9 Å². The number of fused-ring (bicyclic) bond motifs is 1. The first-order valence-corrected chi connectivity index (χ1v) is 12.3. The maximum atomic E-state index is 12.5. The average molecular weight is 482 g/mol. The lowest BCUT2D eigenvalue weighted by molar-refractivity contribution is 0.0196. The summed E-state index contributed by atoms with van der Waals surface area (Å²) >= 11 is 2.77. The van der Waals surface area contributed by atoms with Crippen LogP contribution in [0, 0.1) is 0 Å². The normalized spacial score (nSPS) is 20.5. The Kier molecular flexibility index (Phi) is 5.92. The Hall–Kier alpha value is -3.15. The third-order valence-electron chi connectivity index (χ3n) is 5.62. The highest BCUT2D eigenvalue weighted by molar-refractivity contribution is 7.17. The molecule has 0 aromatic carbocycles. The second-order valence-corrected chi connectivity index (χ2v) is 10.1. The first kappa shape index (κ1) is 21.7. The molecule has 0 bridgehead atoms. The van der Waals surface area contributed by atoms with Crippen LogP contribution in [0.4, 0.5) is 22.5 Å². The van der Waals surface area contributed by atoms with Gasteiger partial charge in [-0.25, -0.2) is 4.98 Å². The number of hydrogen-bond acceptors (Lipinski definition) is 10. The molecule has 0 radical (unpaired) electrons. The van der Waals surface area contributed by atoms with Gasteiger partial charge in [0.15, 0.2) is 0 Å². The van der Waals surface area contributed by atoms with E-state index in [0.29, 0.717) is 22.3 Å². The molecule has 0 unspecified atom stereocenters. The van der Waals surface area contributed by atoms with Crippen molar-refractivity contribution in [2.45, 2.75) is 44.2 Å². The molecule has 1 aliphatic carbocycles. The average Bonchev–Trinajstić information content (AvgIpc) is 3.46. The largest absolute Gasteiger partial charge is 0.390 e. The van der Waals surface area contributed by atoms with E-state index in [2.05, 4.69) is 30.3 Å². The summed E-state index contributed by atoms with van der Waals surface area (Å²) in [4.78, 5) is 25.7. The van der Waals surface area contributed by atoms with Crippen molar-refractivity contribution in [2.24, 2.45) is 0 Å². The van der Waals surface area contributed by atoms with Crippen molar-refractivity contribution in [3.63, 3.8) is 0 Å². The Morgan fingerprint density at radius 3 is 2.76 bits per heavy atom. The van der Waals surface area contributed by atoms with Crippen LogP contribution in [0.15, 0.2) is 42.0 Å². The SMILES string of the molecule is C[C@]1(O)CC[C@H](Nc2nc(Nc3cc(C(=O)Nc4ccncc4)ns3)nc3ccsc23)CC1. The topological polar surface area (TPSA) is 125 Å². The Morgan fingerprint density at radius 2 is 1.97 bits per heavy atom. The lowest BCUT2D eigenvalue weighted by atomic mass is 9.84. The molecule has 5 rings (SSSR count). The first-order chi connectivity index (χ1) is 15.9. The summed E-state index contributed by atoms with van der Waals surface area (Å²) in [7, 11) is 0. The molecule has 1 aliphatic rings. The van der Waals surface area contributed by atoms with Crippen molar-refractivity contribution in [2.75, 3.05) is 16.0 Å². The number of carbonyl (C=O) groups excluding carboxylic acids is 1. The Bertz CT molecular complexity index is 1260. The van der Waals surface area contributed by atoms with Crippen molar-refractivity contribution < 1.29 is 9.90 Å². The van der Waals surface area contributed by atoms with Crippen LogP contribution < -0.4 is 16.0 Å². The van der Waals surface area contributed by atoms with E-state index in [9.17, 15) is 9.90 Å². The predicted molar refractivity (Wildman–Crippen MR) is 132 cm³/mol. The number of hydrogen-bond donors (Lipinski definition) is 4. The van der Waals surface area contributed by atoms with Crippen molar-refractivity contribution in [1.82, 2.24) is 19.3 Å². The lowest BCUT2D eigenvalue weighted by Gasteiger charge is -2.33. The van der Waals surface area contributed by atoms with Crippen molar-refractivity contribution in [1.29, 1.82) is 0 Å². The van der Waals surface area contributed by atoms with Gasteiger partial charge in [0.2, 0.25) is 5.95 Å². The van der Waals surface area contributed by atoms with Gasteiger partial charge in [0.25, 0.3) is 5.91 Å². The Balaban J connectivity index is 1.31. The third-order valence-corrected chi connectivity index (χ3v) is 7.24. The number of aromatic nitrogens is 4.